The number of nitrogens with zero attached hydrogens (tertiary/aromatic N) is 1. The topological polar surface area (TPSA) is 49.4 Å². The van der Waals surface area contributed by atoms with Crippen molar-refractivity contribution in [3.63, 3.8) is 0 Å². The highest BCUT2D eigenvalue weighted by molar-refractivity contribution is 5.87. The first kappa shape index (κ1) is 18.2. The van der Waals surface area contributed by atoms with E-state index in [-0.39, 0.29) is 17.4 Å². The first-order valence-electron chi connectivity index (χ1n) is 7.90. The molecule has 0 fully saturated rings. The molecule has 2 amide bonds. The van der Waals surface area contributed by atoms with E-state index in [2.05, 4.69) is 5.32 Å². The highest BCUT2D eigenvalue weighted by atomic mass is 16.2. The molecule has 0 radical (unpaired) electrons. The van der Waals surface area contributed by atoms with E-state index >= 15 is 0 Å². The van der Waals surface area contributed by atoms with Crippen molar-refractivity contribution in [1.82, 2.24) is 10.2 Å². The molecule has 4 heteroatoms. The zero-order chi connectivity index (χ0) is 16.8. The van der Waals surface area contributed by atoms with Crippen molar-refractivity contribution >= 4 is 11.8 Å². The highest BCUT2D eigenvalue weighted by Crippen LogP contribution is 2.12. The van der Waals surface area contributed by atoms with Gasteiger partial charge in [0.1, 0.15) is 6.04 Å². The van der Waals surface area contributed by atoms with Crippen molar-refractivity contribution in [2.45, 2.75) is 65.6 Å². The molecule has 0 unspecified atom stereocenters. The van der Waals surface area contributed by atoms with Crippen LogP contribution in [0, 0.1) is 0 Å². The van der Waals surface area contributed by atoms with E-state index in [1.807, 2.05) is 58.0 Å². The van der Waals surface area contributed by atoms with Crippen LogP contribution in [0.25, 0.3) is 0 Å². The molecular weight excluding hydrogens is 276 g/mol. The smallest absolute Gasteiger partial charge is 0.242 e. The third kappa shape index (κ3) is 5.88. The van der Waals surface area contributed by atoms with Crippen molar-refractivity contribution in [3.05, 3.63) is 35.9 Å². The fourth-order valence-electron chi connectivity index (χ4n) is 2.19. The van der Waals surface area contributed by atoms with Gasteiger partial charge in [-0.3, -0.25) is 9.59 Å². The summed E-state index contributed by atoms with van der Waals surface area (Å²) in [7, 11) is 0. The van der Waals surface area contributed by atoms with Gasteiger partial charge in [-0.2, -0.15) is 0 Å². The lowest BCUT2D eigenvalue weighted by Gasteiger charge is -2.31. The van der Waals surface area contributed by atoms with Crippen molar-refractivity contribution < 1.29 is 9.59 Å². The van der Waals surface area contributed by atoms with Gasteiger partial charge in [-0.05, 0) is 39.7 Å². The summed E-state index contributed by atoms with van der Waals surface area (Å²) in [5.74, 6) is -0.101. The summed E-state index contributed by atoms with van der Waals surface area (Å²) in [5, 5.41) is 2.95. The highest BCUT2D eigenvalue weighted by Gasteiger charge is 2.27. The van der Waals surface area contributed by atoms with Gasteiger partial charge >= 0.3 is 0 Å². The number of hydrogen-bond donors (Lipinski definition) is 1. The number of carbonyl (C=O) groups is 2. The Bertz CT molecular complexity index is 492. The Balaban J connectivity index is 2.89. The van der Waals surface area contributed by atoms with Crippen LogP contribution in [0.5, 0.6) is 0 Å². The molecule has 0 aliphatic heterocycles. The van der Waals surface area contributed by atoms with Crippen LogP contribution in [-0.4, -0.2) is 28.3 Å². The van der Waals surface area contributed by atoms with Crippen LogP contribution < -0.4 is 5.32 Å². The summed E-state index contributed by atoms with van der Waals surface area (Å²) in [6.07, 6.45) is 1.23. The molecule has 0 bridgehead atoms. The minimum atomic E-state index is -0.488. The van der Waals surface area contributed by atoms with Gasteiger partial charge in [-0.25, -0.2) is 0 Å². The monoisotopic (exact) mass is 304 g/mol. The molecule has 0 saturated carbocycles. The summed E-state index contributed by atoms with van der Waals surface area (Å²) < 4.78 is 0. The fraction of sp³-hybridized carbons (Fsp3) is 0.556. The Labute approximate surface area is 133 Å². The predicted molar refractivity (Wildman–Crippen MR) is 89.3 cm³/mol. The summed E-state index contributed by atoms with van der Waals surface area (Å²) in [6, 6.07) is 9.28. The second kappa shape index (κ2) is 7.97. The van der Waals surface area contributed by atoms with Gasteiger partial charge in [-0.15, -0.1) is 0 Å². The maximum Gasteiger partial charge on any atom is 0.242 e. The molecule has 1 rings (SSSR count). The molecule has 22 heavy (non-hydrogen) atoms. The van der Waals surface area contributed by atoms with Crippen LogP contribution >= 0.6 is 0 Å². The number of hydrogen-bond acceptors (Lipinski definition) is 2. The van der Waals surface area contributed by atoms with E-state index in [9.17, 15) is 9.59 Å². The minimum absolute atomic E-state index is 0.0166. The van der Waals surface area contributed by atoms with Crippen LogP contribution in [0.4, 0.5) is 0 Å². The predicted octanol–water partition coefficient (Wildman–Crippen LogP) is 3.12. The zero-order valence-electron chi connectivity index (χ0n) is 14.3. The third-order valence-corrected chi connectivity index (χ3v) is 3.33. The molecule has 122 valence electrons. The van der Waals surface area contributed by atoms with Crippen LogP contribution in [0.15, 0.2) is 30.3 Å². The summed E-state index contributed by atoms with van der Waals surface area (Å²) in [5.41, 5.74) is 0.722. The van der Waals surface area contributed by atoms with Gasteiger partial charge in [0.2, 0.25) is 11.8 Å². The Kier molecular flexibility index (Phi) is 6.60. The van der Waals surface area contributed by atoms with E-state index in [4.69, 9.17) is 0 Å². The number of nitrogens with one attached hydrogen (secondary N) is 1. The van der Waals surface area contributed by atoms with Crippen molar-refractivity contribution in [2.24, 2.45) is 0 Å². The van der Waals surface area contributed by atoms with E-state index in [0.717, 1.165) is 12.0 Å². The summed E-state index contributed by atoms with van der Waals surface area (Å²) in [6.45, 7) is 10.0. The van der Waals surface area contributed by atoms with Gasteiger partial charge in [0.05, 0.1) is 0 Å². The molecule has 0 aliphatic rings. The Morgan fingerprint density at radius 1 is 1.18 bits per heavy atom. The first-order valence-corrected chi connectivity index (χ1v) is 7.90. The van der Waals surface area contributed by atoms with Gasteiger partial charge in [-0.1, -0.05) is 37.3 Å². The largest absolute Gasteiger partial charge is 0.350 e. The maximum absolute atomic E-state index is 12.4. The third-order valence-electron chi connectivity index (χ3n) is 3.33. The van der Waals surface area contributed by atoms with Crippen LogP contribution in [0.3, 0.4) is 0 Å². The van der Waals surface area contributed by atoms with Crippen LogP contribution in [0.1, 0.15) is 53.0 Å². The molecular formula is C18H28N2O2. The lowest BCUT2D eigenvalue weighted by molar-refractivity contribution is -0.141. The maximum atomic E-state index is 12.4. The molecule has 1 N–H and O–H groups in total. The lowest BCUT2D eigenvalue weighted by Crippen LogP contribution is -2.52. The van der Waals surface area contributed by atoms with Gasteiger partial charge in [0.25, 0.3) is 0 Å². The average Bonchev–Trinajstić information content (AvgIpc) is 2.43. The molecule has 0 spiro atoms. The van der Waals surface area contributed by atoms with Crippen molar-refractivity contribution in [2.75, 3.05) is 0 Å². The fourth-order valence-corrected chi connectivity index (χ4v) is 2.19. The molecule has 0 heterocycles. The van der Waals surface area contributed by atoms with Crippen molar-refractivity contribution in [3.8, 4) is 0 Å². The Morgan fingerprint density at radius 2 is 1.77 bits per heavy atom. The van der Waals surface area contributed by atoms with Gasteiger partial charge in [0.15, 0.2) is 0 Å². The van der Waals surface area contributed by atoms with Crippen LogP contribution in [0.2, 0.25) is 0 Å². The molecule has 0 aliphatic carbocycles. The quantitative estimate of drug-likeness (QED) is 0.878. The van der Waals surface area contributed by atoms with Crippen molar-refractivity contribution in [1.29, 1.82) is 0 Å². The Morgan fingerprint density at radius 3 is 2.27 bits per heavy atom. The van der Waals surface area contributed by atoms with E-state index in [0.29, 0.717) is 13.0 Å². The second-order valence-corrected chi connectivity index (χ2v) is 6.67. The number of amides is 2. The number of benzene rings is 1. The lowest BCUT2D eigenvalue weighted by atomic mass is 10.1. The molecule has 1 aromatic rings. The first-order chi connectivity index (χ1) is 10.2. The molecule has 4 nitrogen and oxygen atoms in total. The SMILES string of the molecule is CCCC(=O)N(Cc1ccccc1)[C@@H](C)C(=O)NC(C)(C)C. The van der Waals surface area contributed by atoms with E-state index in [1.165, 1.54) is 0 Å². The standard InChI is InChI=1S/C18H28N2O2/c1-6-10-16(21)20(13-15-11-8-7-9-12-15)14(2)17(22)19-18(3,4)5/h7-9,11-12,14H,6,10,13H2,1-5H3,(H,19,22)/t14-/m0/s1. The summed E-state index contributed by atoms with van der Waals surface area (Å²) in [4.78, 5) is 26.5. The number of carbonyl (C=O) groups excluding carboxylic acids is 2. The minimum Gasteiger partial charge on any atom is -0.350 e. The normalized spacial score (nSPS) is 12.6. The summed E-state index contributed by atoms with van der Waals surface area (Å²) >= 11 is 0. The molecule has 0 aromatic heterocycles. The molecule has 1 aromatic carbocycles. The van der Waals surface area contributed by atoms with Gasteiger partial charge in [0, 0.05) is 18.5 Å². The number of rotatable bonds is 6. The molecule has 0 saturated heterocycles. The second-order valence-electron chi connectivity index (χ2n) is 6.67. The van der Waals surface area contributed by atoms with Crippen LogP contribution in [-0.2, 0) is 16.1 Å². The average molecular weight is 304 g/mol. The molecule has 1 atom stereocenters. The van der Waals surface area contributed by atoms with E-state index < -0.39 is 6.04 Å². The Hall–Kier alpha value is -1.84. The van der Waals surface area contributed by atoms with Gasteiger partial charge < -0.3 is 10.2 Å². The van der Waals surface area contributed by atoms with E-state index in [1.54, 1.807) is 11.8 Å². The zero-order valence-corrected chi connectivity index (χ0v) is 14.3.